The molecule has 3 nitrogen and oxygen atoms in total. The quantitative estimate of drug-likeness (QED) is 0.711. The number of thiophene rings is 1. The van der Waals surface area contributed by atoms with Crippen molar-refractivity contribution in [3.8, 4) is 10.4 Å². The molecule has 0 aliphatic carbocycles. The monoisotopic (exact) mass is 389 g/mol. The Hall–Kier alpha value is -1.79. The van der Waals surface area contributed by atoms with Gasteiger partial charge in [-0.25, -0.2) is 4.39 Å². The molecule has 3 aromatic rings. The van der Waals surface area contributed by atoms with Gasteiger partial charge in [-0.2, -0.15) is 0 Å². The van der Waals surface area contributed by atoms with Gasteiger partial charge in [0.05, 0.1) is 0 Å². The van der Waals surface area contributed by atoms with Crippen LogP contribution in [0.25, 0.3) is 10.4 Å². The van der Waals surface area contributed by atoms with Crippen molar-refractivity contribution in [1.29, 1.82) is 0 Å². The van der Waals surface area contributed by atoms with Crippen LogP contribution in [0.15, 0.2) is 60.9 Å². The van der Waals surface area contributed by atoms with Gasteiger partial charge < -0.3 is 5.32 Å². The van der Waals surface area contributed by atoms with Crippen molar-refractivity contribution in [2.24, 2.45) is 0 Å². The minimum Gasteiger partial charge on any atom is -0.314 e. The van der Waals surface area contributed by atoms with E-state index in [0.717, 1.165) is 31.7 Å². The summed E-state index contributed by atoms with van der Waals surface area (Å²) in [7, 11) is 0. The van der Waals surface area contributed by atoms with Crippen molar-refractivity contribution < 1.29 is 4.39 Å². The lowest BCUT2D eigenvalue weighted by Crippen LogP contribution is -2.45. The third kappa shape index (κ3) is 4.30. The number of hydrogen-bond acceptors (Lipinski definition) is 4. The van der Waals surface area contributed by atoms with Gasteiger partial charge >= 0.3 is 0 Å². The van der Waals surface area contributed by atoms with Gasteiger partial charge in [-0.05, 0) is 41.5 Å². The number of piperazine rings is 1. The zero-order chi connectivity index (χ0) is 17.1. The molecule has 1 fully saturated rings. The number of pyridine rings is 1. The molecule has 0 saturated carbocycles. The summed E-state index contributed by atoms with van der Waals surface area (Å²) < 4.78 is 13.1. The van der Waals surface area contributed by atoms with Crippen LogP contribution in [0.3, 0.4) is 0 Å². The van der Waals surface area contributed by atoms with E-state index in [9.17, 15) is 4.39 Å². The van der Waals surface area contributed by atoms with Crippen molar-refractivity contribution in [3.63, 3.8) is 0 Å². The first-order valence-electron chi connectivity index (χ1n) is 8.49. The van der Waals surface area contributed by atoms with E-state index in [1.54, 1.807) is 11.3 Å². The average molecular weight is 390 g/mol. The first kappa shape index (κ1) is 19.0. The van der Waals surface area contributed by atoms with Gasteiger partial charge in [0.15, 0.2) is 0 Å². The molecule has 0 spiro atoms. The third-order valence-electron chi connectivity index (χ3n) is 4.57. The molecule has 1 atom stereocenters. The largest absolute Gasteiger partial charge is 0.314 e. The summed E-state index contributed by atoms with van der Waals surface area (Å²) in [5.74, 6) is -0.194. The van der Waals surface area contributed by atoms with E-state index in [0.29, 0.717) is 6.04 Å². The molecular formula is C20H21ClFN3S. The zero-order valence-corrected chi connectivity index (χ0v) is 15.9. The molecule has 136 valence electrons. The summed E-state index contributed by atoms with van der Waals surface area (Å²) in [4.78, 5) is 9.29. The van der Waals surface area contributed by atoms with Crippen LogP contribution in [0.4, 0.5) is 4.39 Å². The smallest absolute Gasteiger partial charge is 0.123 e. The highest BCUT2D eigenvalue weighted by Gasteiger charge is 2.24. The van der Waals surface area contributed by atoms with Crippen LogP contribution in [0.1, 0.15) is 16.5 Å². The second-order valence-corrected chi connectivity index (χ2v) is 7.42. The second-order valence-electron chi connectivity index (χ2n) is 6.25. The Labute approximate surface area is 163 Å². The number of aromatic nitrogens is 1. The molecule has 0 radical (unpaired) electrons. The lowest BCUT2D eigenvalue weighted by molar-refractivity contribution is 0.155. The number of nitrogens with one attached hydrogen (secondary N) is 1. The second kappa shape index (κ2) is 8.73. The van der Waals surface area contributed by atoms with Gasteiger partial charge in [-0.3, -0.25) is 9.88 Å². The van der Waals surface area contributed by atoms with E-state index < -0.39 is 0 Å². The predicted octanol–water partition coefficient (Wildman–Crippen LogP) is 4.52. The Morgan fingerprint density at radius 1 is 1.15 bits per heavy atom. The molecule has 1 aromatic carbocycles. The fraction of sp³-hybridized carbons (Fsp3) is 0.250. The number of benzene rings is 1. The number of hydrogen-bond donors (Lipinski definition) is 1. The van der Waals surface area contributed by atoms with E-state index in [2.05, 4.69) is 33.4 Å². The normalized spacial score (nSPS) is 17.7. The lowest BCUT2D eigenvalue weighted by Gasteiger charge is -2.36. The van der Waals surface area contributed by atoms with Gasteiger partial charge in [0.25, 0.3) is 0 Å². The first-order valence-corrected chi connectivity index (χ1v) is 9.30. The van der Waals surface area contributed by atoms with Gasteiger partial charge in [-0.15, -0.1) is 23.7 Å². The number of halogens is 2. The Morgan fingerprint density at radius 3 is 2.77 bits per heavy atom. The van der Waals surface area contributed by atoms with Gasteiger partial charge in [0.2, 0.25) is 0 Å². The van der Waals surface area contributed by atoms with Crippen molar-refractivity contribution in [2.75, 3.05) is 19.6 Å². The van der Waals surface area contributed by atoms with Gasteiger partial charge in [0, 0.05) is 54.4 Å². The van der Waals surface area contributed by atoms with Gasteiger partial charge in [0.1, 0.15) is 5.82 Å². The zero-order valence-electron chi connectivity index (χ0n) is 14.3. The molecule has 3 heterocycles. The molecule has 1 aliphatic rings. The molecule has 1 aliphatic heterocycles. The maximum atomic E-state index is 13.1. The molecule has 2 aromatic heterocycles. The Balaban J connectivity index is 0.00000196. The van der Waals surface area contributed by atoms with Crippen molar-refractivity contribution in [1.82, 2.24) is 15.2 Å². The van der Waals surface area contributed by atoms with Crippen molar-refractivity contribution in [2.45, 2.75) is 12.6 Å². The van der Waals surface area contributed by atoms with E-state index in [1.807, 2.05) is 30.6 Å². The van der Waals surface area contributed by atoms with Gasteiger partial charge in [-0.1, -0.05) is 18.2 Å². The summed E-state index contributed by atoms with van der Waals surface area (Å²) in [5, 5.41) is 3.48. The highest BCUT2D eigenvalue weighted by Crippen LogP contribution is 2.31. The van der Waals surface area contributed by atoms with E-state index in [1.165, 1.54) is 27.5 Å². The van der Waals surface area contributed by atoms with Crippen LogP contribution in [-0.2, 0) is 6.54 Å². The molecular weight excluding hydrogens is 369 g/mol. The molecule has 1 unspecified atom stereocenters. The third-order valence-corrected chi connectivity index (χ3v) is 5.69. The van der Waals surface area contributed by atoms with Crippen LogP contribution in [0.2, 0.25) is 0 Å². The summed E-state index contributed by atoms with van der Waals surface area (Å²) >= 11 is 1.78. The summed E-state index contributed by atoms with van der Waals surface area (Å²) in [6.45, 7) is 3.89. The Morgan fingerprint density at radius 2 is 2.00 bits per heavy atom. The topological polar surface area (TPSA) is 28.2 Å². The molecule has 4 rings (SSSR count). The summed E-state index contributed by atoms with van der Waals surface area (Å²) in [5.41, 5.74) is 2.33. The SMILES string of the molecule is Cl.Fc1ccc(-c2ccc(CN3CCNCC3c3cccnc3)s2)cc1. The van der Waals surface area contributed by atoms with Crippen molar-refractivity contribution in [3.05, 3.63) is 77.2 Å². The summed E-state index contributed by atoms with van der Waals surface area (Å²) in [6, 6.07) is 15.5. The van der Waals surface area contributed by atoms with Crippen LogP contribution >= 0.6 is 23.7 Å². The highest BCUT2D eigenvalue weighted by molar-refractivity contribution is 7.15. The van der Waals surface area contributed by atoms with E-state index in [4.69, 9.17) is 0 Å². The molecule has 0 amide bonds. The fourth-order valence-corrected chi connectivity index (χ4v) is 4.31. The minimum atomic E-state index is -0.194. The molecule has 0 bridgehead atoms. The fourth-order valence-electron chi connectivity index (χ4n) is 3.27. The molecule has 1 N–H and O–H groups in total. The molecule has 6 heteroatoms. The van der Waals surface area contributed by atoms with Crippen LogP contribution in [-0.4, -0.2) is 29.5 Å². The predicted molar refractivity (Wildman–Crippen MR) is 107 cm³/mol. The molecule has 1 saturated heterocycles. The number of nitrogens with zero attached hydrogens (tertiary/aromatic N) is 2. The maximum absolute atomic E-state index is 13.1. The van der Waals surface area contributed by atoms with Crippen LogP contribution in [0.5, 0.6) is 0 Å². The number of rotatable bonds is 4. The lowest BCUT2D eigenvalue weighted by atomic mass is 10.1. The van der Waals surface area contributed by atoms with Crippen LogP contribution < -0.4 is 5.32 Å². The maximum Gasteiger partial charge on any atom is 0.123 e. The van der Waals surface area contributed by atoms with E-state index in [-0.39, 0.29) is 18.2 Å². The average Bonchev–Trinajstić information content (AvgIpc) is 3.12. The molecule has 26 heavy (non-hydrogen) atoms. The van der Waals surface area contributed by atoms with Crippen LogP contribution in [0, 0.1) is 5.82 Å². The standard InChI is InChI=1S/C20H20FN3S.ClH/c21-17-5-3-15(4-6-17)20-8-7-18(25-20)14-24-11-10-23-13-19(24)16-2-1-9-22-12-16;/h1-9,12,19,23H,10-11,13-14H2;1H. The Kier molecular flexibility index (Phi) is 6.38. The first-order chi connectivity index (χ1) is 12.3. The van der Waals surface area contributed by atoms with E-state index >= 15 is 0 Å². The summed E-state index contributed by atoms with van der Waals surface area (Å²) in [6.07, 6.45) is 3.78. The minimum absolute atomic E-state index is 0. The highest BCUT2D eigenvalue weighted by atomic mass is 35.5. The van der Waals surface area contributed by atoms with Crippen molar-refractivity contribution >= 4 is 23.7 Å². The Bertz CT molecular complexity index is 823.